The predicted octanol–water partition coefficient (Wildman–Crippen LogP) is 5.43. The normalized spacial score (nSPS) is 21.9. The number of carbonyl (C=O) groups is 1. The van der Waals surface area contributed by atoms with Gasteiger partial charge in [0, 0.05) is 30.7 Å². The summed E-state index contributed by atoms with van der Waals surface area (Å²) in [6.07, 6.45) is 15.2. The van der Waals surface area contributed by atoms with Gasteiger partial charge in [-0.3, -0.25) is 9.48 Å². The van der Waals surface area contributed by atoms with Gasteiger partial charge in [0.2, 0.25) is 5.91 Å². The van der Waals surface area contributed by atoms with Crippen LogP contribution in [0.4, 0.5) is 0 Å². The average molecular weight is 589 g/mol. The molecule has 6 rings (SSSR count). The summed E-state index contributed by atoms with van der Waals surface area (Å²) in [5.74, 6) is 0.883. The first-order valence-corrected chi connectivity index (χ1v) is 16.3. The van der Waals surface area contributed by atoms with Crippen LogP contribution in [0.5, 0.6) is 0 Å². The van der Waals surface area contributed by atoms with Crippen LogP contribution in [0.2, 0.25) is 5.02 Å². The van der Waals surface area contributed by atoms with Crippen molar-refractivity contribution in [1.82, 2.24) is 30.3 Å². The minimum atomic E-state index is -0.199. The highest BCUT2D eigenvalue weighted by atomic mass is 35.5. The second-order valence-corrected chi connectivity index (χ2v) is 13.3. The van der Waals surface area contributed by atoms with Gasteiger partial charge in [0.1, 0.15) is 12.7 Å². The van der Waals surface area contributed by atoms with E-state index in [0.717, 1.165) is 62.9 Å². The second-order valence-electron chi connectivity index (χ2n) is 12.9. The van der Waals surface area contributed by atoms with Gasteiger partial charge in [-0.2, -0.15) is 5.10 Å². The number of benzene rings is 2. The molecule has 3 aromatic rings. The molecule has 1 saturated carbocycles. The maximum atomic E-state index is 13.5. The molecule has 3 heterocycles. The van der Waals surface area contributed by atoms with Gasteiger partial charge in [0.25, 0.3) is 0 Å². The number of carbonyl (C=O) groups excluding carboxylic acids is 1. The van der Waals surface area contributed by atoms with Crippen molar-refractivity contribution in [2.75, 3.05) is 19.6 Å². The molecule has 7 nitrogen and oxygen atoms in total. The molecule has 8 heteroatoms. The van der Waals surface area contributed by atoms with Crippen molar-refractivity contribution < 1.29 is 4.79 Å². The Labute approximate surface area is 255 Å². The minimum absolute atomic E-state index is 0.0674. The van der Waals surface area contributed by atoms with Gasteiger partial charge in [0.15, 0.2) is 0 Å². The molecule has 2 aromatic carbocycles. The number of fused-ring (bicyclic) bond motifs is 1. The summed E-state index contributed by atoms with van der Waals surface area (Å²) in [5, 5.41) is 12.1. The molecule has 2 N–H and O–H groups in total. The van der Waals surface area contributed by atoms with Crippen LogP contribution in [0.1, 0.15) is 68.1 Å². The smallest absolute Gasteiger partial charge is 0.237 e. The lowest BCUT2D eigenvalue weighted by molar-refractivity contribution is -0.124. The molecule has 2 atom stereocenters. The summed E-state index contributed by atoms with van der Waals surface area (Å²) in [7, 11) is 0. The van der Waals surface area contributed by atoms with Crippen LogP contribution in [-0.2, 0) is 30.7 Å². The number of hydrogen-bond acceptors (Lipinski definition) is 5. The van der Waals surface area contributed by atoms with Crippen molar-refractivity contribution >= 4 is 17.5 Å². The Morgan fingerprint density at radius 2 is 1.81 bits per heavy atom. The topological polar surface area (TPSA) is 75.1 Å². The Kier molecular flexibility index (Phi) is 9.57. The van der Waals surface area contributed by atoms with Crippen LogP contribution >= 0.6 is 11.6 Å². The maximum Gasteiger partial charge on any atom is 0.237 e. The van der Waals surface area contributed by atoms with Gasteiger partial charge >= 0.3 is 0 Å². The van der Waals surface area contributed by atoms with Gasteiger partial charge in [-0.25, -0.2) is 4.98 Å². The third-order valence-corrected chi connectivity index (χ3v) is 10.5. The summed E-state index contributed by atoms with van der Waals surface area (Å²) in [6.45, 7) is 4.92. The molecule has 0 bridgehead atoms. The van der Waals surface area contributed by atoms with E-state index in [-0.39, 0.29) is 18.0 Å². The molecule has 2 aliphatic heterocycles. The van der Waals surface area contributed by atoms with Crippen LogP contribution in [-0.4, -0.2) is 57.3 Å². The van der Waals surface area contributed by atoms with Crippen LogP contribution in [0, 0.1) is 11.3 Å². The molecule has 1 amide bonds. The molecular weight excluding hydrogens is 544 g/mol. The molecule has 42 heavy (non-hydrogen) atoms. The largest absolute Gasteiger partial charge is 0.352 e. The van der Waals surface area contributed by atoms with Crippen molar-refractivity contribution in [3.05, 3.63) is 82.9 Å². The minimum Gasteiger partial charge on any atom is -0.352 e. The van der Waals surface area contributed by atoms with E-state index in [0.29, 0.717) is 5.41 Å². The number of rotatable bonds is 10. The monoisotopic (exact) mass is 588 g/mol. The Morgan fingerprint density at radius 1 is 1.05 bits per heavy atom. The lowest BCUT2D eigenvalue weighted by atomic mass is 9.63. The predicted molar refractivity (Wildman–Crippen MR) is 167 cm³/mol. The van der Waals surface area contributed by atoms with Crippen LogP contribution in [0.3, 0.4) is 0 Å². The zero-order chi connectivity index (χ0) is 28.8. The molecule has 3 aliphatic rings. The molecule has 1 saturated heterocycles. The quantitative estimate of drug-likeness (QED) is 0.330. The fraction of sp³-hybridized carbons (Fsp3) is 0.559. The first kappa shape index (κ1) is 29.3. The van der Waals surface area contributed by atoms with Gasteiger partial charge in [-0.15, -0.1) is 0 Å². The number of hydrogen-bond donors (Lipinski definition) is 2. The second kappa shape index (κ2) is 13.7. The highest BCUT2D eigenvalue weighted by molar-refractivity contribution is 6.30. The van der Waals surface area contributed by atoms with E-state index in [2.05, 4.69) is 66.7 Å². The summed E-state index contributed by atoms with van der Waals surface area (Å²) < 4.78 is 2.07. The van der Waals surface area contributed by atoms with E-state index < -0.39 is 0 Å². The van der Waals surface area contributed by atoms with Crippen molar-refractivity contribution in [2.45, 2.75) is 89.4 Å². The van der Waals surface area contributed by atoms with Gasteiger partial charge in [-0.1, -0.05) is 67.3 Å². The number of nitrogens with one attached hydrogen (secondary N) is 2. The van der Waals surface area contributed by atoms with E-state index in [9.17, 15) is 4.79 Å². The van der Waals surface area contributed by atoms with Crippen molar-refractivity contribution in [2.24, 2.45) is 11.3 Å². The number of nitrogens with zero attached hydrogens (tertiary/aromatic N) is 4. The first-order chi connectivity index (χ1) is 20.6. The highest BCUT2D eigenvalue weighted by Gasteiger charge is 2.42. The van der Waals surface area contributed by atoms with Crippen molar-refractivity contribution in [1.29, 1.82) is 0 Å². The van der Waals surface area contributed by atoms with E-state index in [1.165, 1.54) is 61.6 Å². The number of aromatic nitrogens is 3. The fourth-order valence-electron chi connectivity index (χ4n) is 7.68. The molecule has 0 spiro atoms. The van der Waals surface area contributed by atoms with Crippen molar-refractivity contribution in [3.8, 4) is 0 Å². The Morgan fingerprint density at radius 3 is 2.55 bits per heavy atom. The van der Waals surface area contributed by atoms with Crippen LogP contribution < -0.4 is 10.6 Å². The van der Waals surface area contributed by atoms with E-state index in [1.54, 1.807) is 6.33 Å². The maximum absolute atomic E-state index is 13.5. The number of likely N-dealkylation sites (tertiary alicyclic amines) is 1. The zero-order valence-corrected chi connectivity index (χ0v) is 25.4. The number of amides is 1. The van der Waals surface area contributed by atoms with Crippen LogP contribution in [0.25, 0.3) is 0 Å². The summed E-state index contributed by atoms with van der Waals surface area (Å²) in [4.78, 5) is 20.4. The molecule has 0 unspecified atom stereocenters. The van der Waals surface area contributed by atoms with E-state index >= 15 is 0 Å². The average Bonchev–Trinajstić information content (AvgIpc) is 3.54. The van der Waals surface area contributed by atoms with Crippen molar-refractivity contribution in [3.63, 3.8) is 0 Å². The molecular formula is C34H45ClN6O. The van der Waals surface area contributed by atoms with Gasteiger partial charge in [0.05, 0.1) is 6.04 Å². The molecule has 0 radical (unpaired) electrons. The first-order valence-electron chi connectivity index (χ1n) is 16.0. The third-order valence-electron chi connectivity index (χ3n) is 10.2. The molecule has 1 aliphatic carbocycles. The van der Waals surface area contributed by atoms with E-state index in [1.807, 2.05) is 18.5 Å². The standard InChI is InChI=1S/C34H45ClN6O/c35-30-12-10-26(11-13-30)20-31(39-33(42)32-21-27-6-4-5-7-28(27)22-37-32)14-17-40-18-15-34(16-19-40,23-41-25-36-24-38-41)29-8-2-1-3-9-29/h4-7,10-13,24-25,29,31-32,37H,1-3,8-9,14-23H2,(H,39,42)/t31-,32+/m0/s1. The summed E-state index contributed by atoms with van der Waals surface area (Å²) in [6, 6.07) is 16.4. The summed E-state index contributed by atoms with van der Waals surface area (Å²) in [5.41, 5.74) is 4.07. The Balaban J connectivity index is 1.08. The third kappa shape index (κ3) is 7.24. The molecule has 2 fully saturated rings. The summed E-state index contributed by atoms with van der Waals surface area (Å²) >= 11 is 6.17. The van der Waals surface area contributed by atoms with Crippen LogP contribution in [0.15, 0.2) is 61.2 Å². The van der Waals surface area contributed by atoms with Gasteiger partial charge in [-0.05, 0) is 98.2 Å². The number of halogens is 1. The number of piperidine rings is 1. The lowest BCUT2D eigenvalue weighted by Gasteiger charge is -2.48. The highest BCUT2D eigenvalue weighted by Crippen LogP contribution is 2.47. The molecule has 224 valence electrons. The lowest BCUT2D eigenvalue weighted by Crippen LogP contribution is -2.52. The SMILES string of the molecule is O=C(N[C@@H](CCN1CCC(Cn2cncn2)(C2CCCCC2)CC1)Cc1ccc(Cl)cc1)[C@H]1Cc2ccccc2CN1. The zero-order valence-electron chi connectivity index (χ0n) is 24.7. The van der Waals surface area contributed by atoms with E-state index in [4.69, 9.17) is 11.6 Å². The Bertz CT molecular complexity index is 1280. The molecule has 1 aromatic heterocycles. The fourth-order valence-corrected chi connectivity index (χ4v) is 7.81. The van der Waals surface area contributed by atoms with Gasteiger partial charge < -0.3 is 15.5 Å². The Hall–Kier alpha value is -2.74.